The first kappa shape index (κ1) is 47.4. The zero-order valence-corrected chi connectivity index (χ0v) is 34.3. The van der Waals surface area contributed by atoms with Crippen molar-refractivity contribution < 1.29 is 38.2 Å². The Hall–Kier alpha value is -3.59. The van der Waals surface area contributed by atoms with Crippen LogP contribution in [-0.4, -0.2) is 143 Å². The third kappa shape index (κ3) is 14.3. The SMILES string of the molecule is CCC.CCC[C@@H](C(CC(=O)N1CC(N)CC1C(OC)C(C)C(=O)NCC(=O)c1cccc(OC)c1)OC)N(C)C(=O)CNC(=O)C(C(C)C)N(C)C. The first-order chi connectivity index (χ1) is 25.0. The van der Waals surface area contributed by atoms with Crippen LogP contribution < -0.4 is 21.1 Å². The summed E-state index contributed by atoms with van der Waals surface area (Å²) >= 11 is 0. The van der Waals surface area contributed by atoms with Gasteiger partial charge in [0.1, 0.15) is 5.75 Å². The van der Waals surface area contributed by atoms with Crippen LogP contribution in [0.1, 0.15) is 84.0 Å². The highest BCUT2D eigenvalue weighted by Gasteiger charge is 2.43. The number of benzene rings is 1. The minimum atomic E-state index is -0.712. The van der Waals surface area contributed by atoms with Gasteiger partial charge in [-0.3, -0.25) is 28.9 Å². The number of carbonyl (C=O) groups is 5. The Morgan fingerprint density at radius 3 is 2.09 bits per heavy atom. The number of ether oxygens (including phenoxy) is 3. The van der Waals surface area contributed by atoms with Gasteiger partial charge in [0.2, 0.25) is 23.6 Å². The van der Waals surface area contributed by atoms with Crippen LogP contribution in [0.4, 0.5) is 0 Å². The lowest BCUT2D eigenvalue weighted by Crippen LogP contribution is -2.53. The summed E-state index contributed by atoms with van der Waals surface area (Å²) in [6, 6.07) is 5.05. The highest BCUT2D eigenvalue weighted by Crippen LogP contribution is 2.28. The predicted octanol–water partition coefficient (Wildman–Crippen LogP) is 2.72. The molecule has 0 aromatic heterocycles. The molecule has 1 aromatic carbocycles. The van der Waals surface area contributed by atoms with Crippen molar-refractivity contribution in [3.63, 3.8) is 0 Å². The minimum Gasteiger partial charge on any atom is -0.497 e. The van der Waals surface area contributed by atoms with E-state index in [1.165, 1.54) is 27.8 Å². The standard InChI is InChI=1S/C36H60N6O8.C3H8/c1-11-13-27(41(7)32(45)20-39-36(47)33(22(2)3)40(5)6)30(49-9)18-31(44)42-21-25(37)17-28(42)34(50-10)23(4)35(46)38-19-29(43)24-14-12-15-26(16-24)48-8;1-3-2/h12,14-16,22-23,25,27-28,30,33-34H,11,13,17-21,37H2,1-10H3,(H,38,46)(H,39,47);3H2,1-2H3/t23?,25?,27-,28?,30?,33?,34?;/m0./s1. The van der Waals surface area contributed by atoms with E-state index in [0.717, 1.165) is 6.42 Å². The lowest BCUT2D eigenvalue weighted by molar-refractivity contribution is -0.144. The third-order valence-electron chi connectivity index (χ3n) is 9.52. The molecule has 14 nitrogen and oxygen atoms in total. The zero-order valence-electron chi connectivity index (χ0n) is 34.3. The van der Waals surface area contributed by atoms with Gasteiger partial charge in [0.15, 0.2) is 5.78 Å². The van der Waals surface area contributed by atoms with Crippen LogP contribution >= 0.6 is 0 Å². The molecule has 4 amide bonds. The summed E-state index contributed by atoms with van der Waals surface area (Å²) in [5.41, 5.74) is 6.77. The molecule has 1 heterocycles. The number of carbonyl (C=O) groups excluding carboxylic acids is 5. The Bertz CT molecular complexity index is 1300. The number of likely N-dealkylation sites (tertiary alicyclic amines) is 1. The molecular formula is C39H68N6O8. The smallest absolute Gasteiger partial charge is 0.242 e. The van der Waals surface area contributed by atoms with E-state index in [1.54, 1.807) is 48.0 Å². The number of amides is 4. The Morgan fingerprint density at radius 1 is 0.943 bits per heavy atom. The average Bonchev–Trinajstić information content (AvgIpc) is 3.51. The number of nitrogens with two attached hydrogens (primary N) is 1. The Balaban J connectivity index is 0.00000452. The summed E-state index contributed by atoms with van der Waals surface area (Å²) in [7, 11) is 9.81. The summed E-state index contributed by atoms with van der Waals surface area (Å²) in [4.78, 5) is 71.1. The summed E-state index contributed by atoms with van der Waals surface area (Å²) in [5, 5.41) is 5.48. The van der Waals surface area contributed by atoms with Gasteiger partial charge in [0, 0.05) is 39.4 Å². The van der Waals surface area contributed by atoms with Gasteiger partial charge in [-0.25, -0.2) is 0 Å². The van der Waals surface area contributed by atoms with E-state index < -0.39 is 36.1 Å². The number of nitrogens with one attached hydrogen (secondary N) is 2. The van der Waals surface area contributed by atoms with Crippen molar-refractivity contribution >= 4 is 29.4 Å². The molecule has 14 heteroatoms. The second-order valence-corrected chi connectivity index (χ2v) is 14.4. The number of methoxy groups -OCH3 is 3. The molecule has 4 N–H and O–H groups in total. The maximum absolute atomic E-state index is 13.9. The second kappa shape index (κ2) is 23.9. The lowest BCUT2D eigenvalue weighted by atomic mass is 9.93. The van der Waals surface area contributed by atoms with Gasteiger partial charge in [-0.1, -0.05) is 66.5 Å². The highest BCUT2D eigenvalue weighted by molar-refractivity contribution is 5.99. The Morgan fingerprint density at radius 2 is 1.57 bits per heavy atom. The van der Waals surface area contributed by atoms with Crippen LogP contribution in [0.25, 0.3) is 0 Å². The largest absolute Gasteiger partial charge is 0.497 e. The minimum absolute atomic E-state index is 0.0313. The molecule has 1 saturated heterocycles. The van der Waals surface area contributed by atoms with Crippen molar-refractivity contribution in [3.05, 3.63) is 29.8 Å². The first-order valence-electron chi connectivity index (χ1n) is 18.8. The maximum atomic E-state index is 13.9. The summed E-state index contributed by atoms with van der Waals surface area (Å²) < 4.78 is 16.8. The van der Waals surface area contributed by atoms with E-state index in [-0.39, 0.29) is 67.6 Å². The average molecular weight is 749 g/mol. The number of Topliss-reactive ketones (excluding diaryl/α,β-unsaturated/α-hetero) is 1. The molecule has 302 valence electrons. The molecule has 0 spiro atoms. The van der Waals surface area contributed by atoms with Crippen molar-refractivity contribution in [2.75, 3.05) is 62.1 Å². The van der Waals surface area contributed by atoms with Crippen LogP contribution in [0.15, 0.2) is 24.3 Å². The zero-order chi connectivity index (χ0) is 40.4. The fraction of sp³-hybridized carbons (Fsp3) is 0.718. The van der Waals surface area contributed by atoms with Crippen LogP contribution in [-0.2, 0) is 28.7 Å². The molecule has 0 aliphatic carbocycles. The number of rotatable bonds is 20. The molecule has 53 heavy (non-hydrogen) atoms. The quantitative estimate of drug-likeness (QED) is 0.169. The van der Waals surface area contributed by atoms with Crippen molar-refractivity contribution in [1.82, 2.24) is 25.3 Å². The van der Waals surface area contributed by atoms with Crippen LogP contribution in [0.3, 0.4) is 0 Å². The Kier molecular flexibility index (Phi) is 21.4. The van der Waals surface area contributed by atoms with Gasteiger partial charge >= 0.3 is 0 Å². The molecule has 0 bridgehead atoms. The van der Waals surface area contributed by atoms with Crippen molar-refractivity contribution in [1.29, 1.82) is 0 Å². The van der Waals surface area contributed by atoms with Crippen LogP contribution in [0.5, 0.6) is 5.75 Å². The molecule has 1 aliphatic rings. The van der Waals surface area contributed by atoms with Gasteiger partial charge < -0.3 is 40.4 Å². The number of hydrogen-bond acceptors (Lipinski definition) is 10. The summed E-state index contributed by atoms with van der Waals surface area (Å²) in [5.74, 6) is -1.54. The van der Waals surface area contributed by atoms with Crippen LogP contribution in [0, 0.1) is 11.8 Å². The third-order valence-corrected chi connectivity index (χ3v) is 9.52. The molecule has 7 atom stereocenters. The number of ketones is 1. The topological polar surface area (TPSA) is 173 Å². The highest BCUT2D eigenvalue weighted by atomic mass is 16.5. The fourth-order valence-electron chi connectivity index (χ4n) is 6.87. The van der Waals surface area contributed by atoms with Crippen molar-refractivity contribution in [2.24, 2.45) is 17.6 Å². The lowest BCUT2D eigenvalue weighted by Gasteiger charge is -2.37. The molecular weight excluding hydrogens is 680 g/mol. The molecule has 1 aromatic rings. The first-order valence-corrected chi connectivity index (χ1v) is 18.8. The van der Waals surface area contributed by atoms with E-state index in [2.05, 4.69) is 24.5 Å². The molecule has 1 fully saturated rings. The molecule has 2 rings (SSSR count). The number of nitrogens with zero attached hydrogens (tertiary/aromatic N) is 3. The molecule has 6 unspecified atom stereocenters. The van der Waals surface area contributed by atoms with Crippen molar-refractivity contribution in [2.45, 2.75) is 110 Å². The maximum Gasteiger partial charge on any atom is 0.242 e. The summed E-state index contributed by atoms with van der Waals surface area (Å²) in [6.07, 6.45) is 1.60. The fourth-order valence-corrected chi connectivity index (χ4v) is 6.87. The van der Waals surface area contributed by atoms with Gasteiger partial charge in [0.25, 0.3) is 0 Å². The second-order valence-electron chi connectivity index (χ2n) is 14.4. The summed E-state index contributed by atoms with van der Waals surface area (Å²) in [6.45, 7) is 11.7. The van der Waals surface area contributed by atoms with E-state index in [0.29, 0.717) is 24.2 Å². The normalized spacial score (nSPS) is 18.3. The van der Waals surface area contributed by atoms with E-state index in [4.69, 9.17) is 19.9 Å². The van der Waals surface area contributed by atoms with Gasteiger partial charge in [-0.15, -0.1) is 0 Å². The molecule has 0 saturated carbocycles. The Labute approximate surface area is 317 Å². The predicted molar refractivity (Wildman–Crippen MR) is 207 cm³/mol. The van der Waals surface area contributed by atoms with E-state index in [1.807, 2.05) is 39.8 Å². The van der Waals surface area contributed by atoms with Gasteiger partial charge in [-0.05, 0) is 45.0 Å². The molecule has 1 aliphatic heterocycles. The van der Waals surface area contributed by atoms with Crippen LogP contribution in [0.2, 0.25) is 0 Å². The van der Waals surface area contributed by atoms with Crippen molar-refractivity contribution in [3.8, 4) is 5.75 Å². The number of hydrogen-bond donors (Lipinski definition) is 3. The van der Waals surface area contributed by atoms with E-state index in [9.17, 15) is 24.0 Å². The monoisotopic (exact) mass is 749 g/mol. The molecule has 0 radical (unpaired) electrons. The van der Waals surface area contributed by atoms with Gasteiger partial charge in [-0.2, -0.15) is 0 Å². The van der Waals surface area contributed by atoms with E-state index >= 15 is 0 Å². The number of likely N-dealkylation sites (N-methyl/N-ethyl adjacent to an activating group) is 2. The van der Waals surface area contributed by atoms with Gasteiger partial charge in [0.05, 0.1) is 62.9 Å².